The molecule has 0 unspecified atom stereocenters. The second-order valence-electron chi connectivity index (χ2n) is 4.71. The molecule has 0 bridgehead atoms. The number of hydrogen-bond acceptors (Lipinski definition) is 2. The summed E-state index contributed by atoms with van der Waals surface area (Å²) >= 11 is 0. The van der Waals surface area contributed by atoms with Crippen molar-refractivity contribution in [1.29, 1.82) is 0 Å². The zero-order chi connectivity index (χ0) is 15.1. The van der Waals surface area contributed by atoms with E-state index in [0.29, 0.717) is 6.54 Å². The lowest BCUT2D eigenvalue weighted by Gasteiger charge is -2.23. The second-order valence-corrected chi connectivity index (χ2v) is 4.71. The molecule has 0 aliphatic carbocycles. The average molecular weight is 282 g/mol. The molecule has 2 amide bonds. The Balaban J connectivity index is 2.18. The highest BCUT2D eigenvalue weighted by Gasteiger charge is 2.16. The van der Waals surface area contributed by atoms with Crippen LogP contribution in [0.25, 0.3) is 0 Å². The first-order valence-corrected chi connectivity index (χ1v) is 6.80. The molecule has 0 heterocycles. The summed E-state index contributed by atoms with van der Waals surface area (Å²) in [5, 5.41) is 2.55. The smallest absolute Gasteiger partial charge is 0.246 e. The third-order valence-corrected chi connectivity index (χ3v) is 3.04. The lowest BCUT2D eigenvalue weighted by molar-refractivity contribution is -0.123. The van der Waals surface area contributed by atoms with Gasteiger partial charge in [-0.05, 0) is 17.7 Å². The molecule has 21 heavy (non-hydrogen) atoms. The van der Waals surface area contributed by atoms with Crippen LogP contribution in [-0.4, -0.2) is 18.4 Å². The van der Waals surface area contributed by atoms with Gasteiger partial charge in [-0.1, -0.05) is 48.5 Å². The van der Waals surface area contributed by atoms with Gasteiger partial charge in [0.15, 0.2) is 0 Å². The molecule has 0 radical (unpaired) electrons. The predicted octanol–water partition coefficient (Wildman–Crippen LogP) is 2.36. The van der Waals surface area contributed by atoms with E-state index in [1.54, 1.807) is 4.90 Å². The van der Waals surface area contributed by atoms with Gasteiger partial charge in [-0.15, -0.1) is 0 Å². The molecule has 2 aromatic rings. The fraction of sp³-hybridized carbons (Fsp3) is 0.176. The Hall–Kier alpha value is -2.62. The number of nitrogens with zero attached hydrogens (tertiary/aromatic N) is 1. The number of para-hydroxylation sites is 1. The molecular formula is C17H18N2O2. The van der Waals surface area contributed by atoms with Gasteiger partial charge in [0.2, 0.25) is 11.8 Å². The van der Waals surface area contributed by atoms with Crippen molar-refractivity contribution in [2.24, 2.45) is 0 Å². The van der Waals surface area contributed by atoms with E-state index in [9.17, 15) is 9.59 Å². The normalized spacial score (nSPS) is 9.95. The van der Waals surface area contributed by atoms with Gasteiger partial charge in [-0.25, -0.2) is 0 Å². The predicted molar refractivity (Wildman–Crippen MR) is 82.8 cm³/mol. The quantitative estimate of drug-likeness (QED) is 0.915. The summed E-state index contributed by atoms with van der Waals surface area (Å²) < 4.78 is 0. The minimum Gasteiger partial charge on any atom is -0.347 e. The van der Waals surface area contributed by atoms with Crippen molar-refractivity contribution < 1.29 is 9.59 Å². The molecule has 4 nitrogen and oxygen atoms in total. The molecule has 2 aromatic carbocycles. The Morgan fingerprint density at radius 2 is 1.52 bits per heavy atom. The fourth-order valence-corrected chi connectivity index (χ4v) is 1.99. The van der Waals surface area contributed by atoms with Crippen molar-refractivity contribution in [2.45, 2.75) is 13.5 Å². The average Bonchev–Trinajstić information content (AvgIpc) is 2.52. The van der Waals surface area contributed by atoms with Gasteiger partial charge in [0, 0.05) is 12.6 Å². The topological polar surface area (TPSA) is 49.4 Å². The van der Waals surface area contributed by atoms with Crippen LogP contribution in [-0.2, 0) is 16.1 Å². The minimum absolute atomic E-state index is 0.00292. The number of benzene rings is 2. The molecule has 0 aliphatic rings. The van der Waals surface area contributed by atoms with E-state index in [2.05, 4.69) is 5.32 Å². The van der Waals surface area contributed by atoms with Crippen molar-refractivity contribution in [3.05, 3.63) is 66.2 Å². The first-order chi connectivity index (χ1) is 10.2. The van der Waals surface area contributed by atoms with E-state index in [-0.39, 0.29) is 18.4 Å². The van der Waals surface area contributed by atoms with Gasteiger partial charge >= 0.3 is 0 Å². The molecule has 0 aromatic heterocycles. The van der Waals surface area contributed by atoms with Crippen LogP contribution in [0.4, 0.5) is 5.69 Å². The fourth-order valence-electron chi connectivity index (χ4n) is 1.99. The van der Waals surface area contributed by atoms with Crippen LogP contribution in [0.3, 0.4) is 0 Å². The SMILES string of the molecule is CC(=O)NCC(=O)N(Cc1ccccc1)c1ccccc1. The van der Waals surface area contributed by atoms with Crippen LogP contribution in [0.2, 0.25) is 0 Å². The van der Waals surface area contributed by atoms with Gasteiger partial charge in [0.05, 0.1) is 13.1 Å². The number of hydrogen-bond donors (Lipinski definition) is 1. The standard InChI is InChI=1S/C17H18N2O2/c1-14(20)18-12-17(21)19(16-10-6-3-7-11-16)13-15-8-4-2-5-9-15/h2-11H,12-13H2,1H3,(H,18,20). The minimum atomic E-state index is -0.212. The van der Waals surface area contributed by atoms with Crippen LogP contribution in [0.1, 0.15) is 12.5 Å². The molecule has 2 rings (SSSR count). The maximum Gasteiger partial charge on any atom is 0.246 e. The summed E-state index contributed by atoms with van der Waals surface area (Å²) in [5.74, 6) is -0.351. The van der Waals surface area contributed by atoms with Crippen LogP contribution in [0.15, 0.2) is 60.7 Å². The molecule has 0 saturated carbocycles. The Morgan fingerprint density at radius 1 is 0.952 bits per heavy atom. The number of carbonyl (C=O) groups excluding carboxylic acids is 2. The van der Waals surface area contributed by atoms with Gasteiger partial charge in [0.25, 0.3) is 0 Å². The number of amides is 2. The summed E-state index contributed by atoms with van der Waals surface area (Å²) in [7, 11) is 0. The maximum absolute atomic E-state index is 12.4. The molecule has 0 fully saturated rings. The van der Waals surface area contributed by atoms with E-state index >= 15 is 0 Å². The van der Waals surface area contributed by atoms with E-state index in [0.717, 1.165) is 11.3 Å². The van der Waals surface area contributed by atoms with Crippen molar-refractivity contribution in [3.8, 4) is 0 Å². The summed E-state index contributed by atoms with van der Waals surface area (Å²) in [5.41, 5.74) is 1.86. The van der Waals surface area contributed by atoms with E-state index < -0.39 is 0 Å². The largest absolute Gasteiger partial charge is 0.347 e. The van der Waals surface area contributed by atoms with Crippen molar-refractivity contribution in [1.82, 2.24) is 5.32 Å². The third kappa shape index (κ3) is 4.45. The monoisotopic (exact) mass is 282 g/mol. The Labute approximate surface area is 124 Å². The van der Waals surface area contributed by atoms with Gasteiger partial charge in [0.1, 0.15) is 0 Å². The van der Waals surface area contributed by atoms with Crippen molar-refractivity contribution in [2.75, 3.05) is 11.4 Å². The van der Waals surface area contributed by atoms with Crippen molar-refractivity contribution >= 4 is 17.5 Å². The molecule has 0 spiro atoms. The Bertz CT molecular complexity index is 597. The van der Waals surface area contributed by atoms with Crippen LogP contribution < -0.4 is 10.2 Å². The summed E-state index contributed by atoms with van der Waals surface area (Å²) in [6.45, 7) is 1.87. The lowest BCUT2D eigenvalue weighted by atomic mass is 10.2. The Kier molecular flexibility index (Phi) is 5.10. The zero-order valence-electron chi connectivity index (χ0n) is 12.0. The summed E-state index contributed by atoms with van der Waals surface area (Å²) in [6, 6.07) is 19.2. The number of nitrogens with one attached hydrogen (secondary N) is 1. The summed E-state index contributed by atoms with van der Waals surface area (Å²) in [6.07, 6.45) is 0. The Morgan fingerprint density at radius 3 is 2.10 bits per heavy atom. The number of carbonyl (C=O) groups is 2. The van der Waals surface area contributed by atoms with E-state index in [4.69, 9.17) is 0 Å². The first kappa shape index (κ1) is 14.8. The highest BCUT2D eigenvalue weighted by Crippen LogP contribution is 2.16. The van der Waals surface area contributed by atoms with Gasteiger partial charge < -0.3 is 10.2 Å². The van der Waals surface area contributed by atoms with Gasteiger partial charge in [-0.3, -0.25) is 9.59 Å². The van der Waals surface area contributed by atoms with Crippen LogP contribution in [0, 0.1) is 0 Å². The van der Waals surface area contributed by atoms with Crippen molar-refractivity contribution in [3.63, 3.8) is 0 Å². The number of rotatable bonds is 5. The molecular weight excluding hydrogens is 264 g/mol. The van der Waals surface area contributed by atoms with Gasteiger partial charge in [-0.2, -0.15) is 0 Å². The molecule has 0 aliphatic heterocycles. The molecule has 1 N–H and O–H groups in total. The maximum atomic E-state index is 12.4. The second kappa shape index (κ2) is 7.24. The lowest BCUT2D eigenvalue weighted by Crippen LogP contribution is -2.39. The summed E-state index contributed by atoms with van der Waals surface area (Å²) in [4.78, 5) is 25.0. The molecule has 4 heteroatoms. The highest BCUT2D eigenvalue weighted by molar-refractivity contribution is 5.96. The number of anilines is 1. The third-order valence-electron chi connectivity index (χ3n) is 3.04. The van der Waals surface area contributed by atoms with E-state index in [1.165, 1.54) is 6.92 Å². The highest BCUT2D eigenvalue weighted by atomic mass is 16.2. The first-order valence-electron chi connectivity index (χ1n) is 6.80. The molecule has 0 saturated heterocycles. The van der Waals surface area contributed by atoms with Crippen LogP contribution >= 0.6 is 0 Å². The zero-order valence-corrected chi connectivity index (χ0v) is 12.0. The van der Waals surface area contributed by atoms with Crippen LogP contribution in [0.5, 0.6) is 0 Å². The van der Waals surface area contributed by atoms with E-state index in [1.807, 2.05) is 60.7 Å². The molecule has 0 atom stereocenters. The molecule has 108 valence electrons.